The number of rotatable bonds is 9. The number of hydrogen-bond donors (Lipinski definition) is 3. The number of nitrogens with zero attached hydrogens (tertiary/aromatic N) is 2. The zero-order chi connectivity index (χ0) is 33.2. The van der Waals surface area contributed by atoms with E-state index in [1.165, 1.54) is 47.9 Å². The van der Waals surface area contributed by atoms with Crippen LogP contribution in [0.15, 0.2) is 24.3 Å². The highest BCUT2D eigenvalue weighted by atomic mass is 32.2. The van der Waals surface area contributed by atoms with Gasteiger partial charge in [0, 0.05) is 11.7 Å². The molecular formula is C27H32N4O12S2. The fraction of sp³-hybridized carbons (Fsp3) is 0.556. The summed E-state index contributed by atoms with van der Waals surface area (Å²) in [5.41, 5.74) is 6.44. The molecule has 0 aromatic heterocycles. The molecule has 4 N–H and O–H groups in total. The fourth-order valence-electron chi connectivity index (χ4n) is 6.01. The van der Waals surface area contributed by atoms with E-state index >= 15 is 0 Å². The van der Waals surface area contributed by atoms with Crippen LogP contribution in [0.3, 0.4) is 0 Å². The topological polar surface area (TPSA) is 229 Å². The summed E-state index contributed by atoms with van der Waals surface area (Å²) >= 11 is 1.25. The largest absolute Gasteiger partial charge is 0.508 e. The van der Waals surface area contributed by atoms with E-state index in [-0.39, 0.29) is 12.2 Å². The standard InChI is InChI=1S/C27H32N4O12S2/c1-12(32)41-10-27(4)20(30-15(34)9-16(30)45(27,39)40)25(38)43-11-42-24(37)19-26(2,3)44-23-18(22(36)31(19)23)29-21(35)17(28)13-5-7-14(33)8-6-13/h5-8,16-20,23,33H,9-11,28H2,1-4H3,(H,29,35)/t16-,17?,18-,19+,20+,23-,27+/m1/s1. The zero-order valence-electron chi connectivity index (χ0n) is 24.6. The summed E-state index contributed by atoms with van der Waals surface area (Å²) in [4.78, 5) is 78.0. The van der Waals surface area contributed by atoms with E-state index in [0.717, 1.165) is 11.8 Å². The number of phenols is 1. The minimum Gasteiger partial charge on any atom is -0.508 e. The number of amides is 3. The van der Waals surface area contributed by atoms with Crippen molar-refractivity contribution in [2.45, 2.75) is 78.5 Å². The number of phenolic OH excluding ortho intramolecular Hbond substituents is 1. The first-order chi connectivity index (χ1) is 20.9. The normalized spacial score (nSPS) is 31.1. The Morgan fingerprint density at radius 3 is 2.22 bits per heavy atom. The van der Waals surface area contributed by atoms with Crippen LogP contribution in [-0.2, 0) is 52.8 Å². The Morgan fingerprint density at radius 2 is 1.64 bits per heavy atom. The Morgan fingerprint density at radius 1 is 1.04 bits per heavy atom. The fourth-order valence-corrected chi connectivity index (χ4v) is 9.89. The number of hydrogen-bond acceptors (Lipinski definition) is 14. The molecule has 45 heavy (non-hydrogen) atoms. The minimum atomic E-state index is -4.14. The van der Waals surface area contributed by atoms with Gasteiger partial charge in [-0.2, -0.15) is 0 Å². The predicted octanol–water partition coefficient (Wildman–Crippen LogP) is -1.34. The van der Waals surface area contributed by atoms with Crippen LogP contribution in [0, 0.1) is 0 Å². The number of aromatic hydroxyl groups is 1. The monoisotopic (exact) mass is 668 g/mol. The Hall–Kier alpha value is -3.90. The van der Waals surface area contributed by atoms with Crippen molar-refractivity contribution in [1.82, 2.24) is 15.1 Å². The molecule has 0 aliphatic carbocycles. The van der Waals surface area contributed by atoms with Crippen molar-refractivity contribution < 1.29 is 56.5 Å². The Bertz CT molecular complexity index is 1580. The van der Waals surface area contributed by atoms with Crippen LogP contribution in [0.25, 0.3) is 0 Å². The summed E-state index contributed by atoms with van der Waals surface area (Å²) in [5, 5.41) is 10.2. The molecule has 4 aliphatic rings. The second-order valence-electron chi connectivity index (χ2n) is 11.9. The highest BCUT2D eigenvalue weighted by Gasteiger charge is 2.71. The van der Waals surface area contributed by atoms with E-state index in [0.29, 0.717) is 5.56 Å². The van der Waals surface area contributed by atoms with Crippen molar-refractivity contribution in [1.29, 1.82) is 0 Å². The number of esters is 3. The molecule has 16 nitrogen and oxygen atoms in total. The molecule has 0 bridgehead atoms. The first-order valence-corrected chi connectivity index (χ1v) is 16.2. The van der Waals surface area contributed by atoms with Gasteiger partial charge >= 0.3 is 17.9 Å². The molecule has 0 spiro atoms. The maximum absolute atomic E-state index is 13.2. The third-order valence-corrected chi connectivity index (χ3v) is 12.8. The van der Waals surface area contributed by atoms with Crippen LogP contribution < -0.4 is 11.1 Å². The number of sulfone groups is 1. The molecule has 5 rings (SSSR count). The van der Waals surface area contributed by atoms with Crippen LogP contribution in [0.1, 0.15) is 45.7 Å². The van der Waals surface area contributed by atoms with Gasteiger partial charge in [-0.15, -0.1) is 11.8 Å². The predicted molar refractivity (Wildman–Crippen MR) is 153 cm³/mol. The molecule has 7 atom stereocenters. The van der Waals surface area contributed by atoms with Crippen LogP contribution in [0.5, 0.6) is 5.75 Å². The van der Waals surface area contributed by atoms with Gasteiger partial charge in [-0.25, -0.2) is 18.0 Å². The van der Waals surface area contributed by atoms with Gasteiger partial charge < -0.3 is 40.2 Å². The molecule has 1 aromatic rings. The van der Waals surface area contributed by atoms with Crippen LogP contribution in [0.4, 0.5) is 0 Å². The van der Waals surface area contributed by atoms with Crippen molar-refractivity contribution in [3.05, 3.63) is 29.8 Å². The van der Waals surface area contributed by atoms with Crippen molar-refractivity contribution in [2.24, 2.45) is 5.73 Å². The smallest absolute Gasteiger partial charge is 0.333 e. The maximum Gasteiger partial charge on any atom is 0.333 e. The number of fused-ring (bicyclic) bond motifs is 2. The van der Waals surface area contributed by atoms with E-state index < -0.39 is 103 Å². The van der Waals surface area contributed by atoms with Gasteiger partial charge in [0.2, 0.25) is 24.5 Å². The Balaban J connectivity index is 1.21. The lowest BCUT2D eigenvalue weighted by Crippen LogP contribution is -2.71. The van der Waals surface area contributed by atoms with E-state index in [4.69, 9.17) is 19.9 Å². The molecule has 4 heterocycles. The quantitative estimate of drug-likeness (QED) is 0.157. The number of ether oxygens (including phenoxy) is 3. The lowest BCUT2D eigenvalue weighted by molar-refractivity contribution is -0.182. The van der Waals surface area contributed by atoms with E-state index in [9.17, 15) is 42.3 Å². The van der Waals surface area contributed by atoms with Crippen LogP contribution in [0.2, 0.25) is 0 Å². The van der Waals surface area contributed by atoms with E-state index in [1.807, 2.05) is 0 Å². The molecule has 4 aliphatic heterocycles. The van der Waals surface area contributed by atoms with Gasteiger partial charge in [0.1, 0.15) is 46.0 Å². The molecule has 4 saturated heterocycles. The van der Waals surface area contributed by atoms with Crippen LogP contribution >= 0.6 is 11.8 Å². The van der Waals surface area contributed by atoms with Crippen molar-refractivity contribution in [3.8, 4) is 5.75 Å². The third kappa shape index (κ3) is 5.17. The molecule has 244 valence electrons. The molecule has 0 radical (unpaired) electrons. The number of carbonyl (C=O) groups is 6. The summed E-state index contributed by atoms with van der Waals surface area (Å²) in [6, 6.07) is 0.847. The second-order valence-corrected chi connectivity index (χ2v) is 16.2. The van der Waals surface area contributed by atoms with Gasteiger partial charge in [-0.1, -0.05) is 12.1 Å². The highest BCUT2D eigenvalue weighted by Crippen LogP contribution is 2.51. The Labute approximate surface area is 261 Å². The lowest BCUT2D eigenvalue weighted by atomic mass is 9.95. The maximum atomic E-state index is 13.2. The molecule has 4 fully saturated rings. The highest BCUT2D eigenvalue weighted by molar-refractivity contribution is 8.01. The van der Waals surface area contributed by atoms with Gasteiger partial charge in [-0.05, 0) is 38.5 Å². The number of nitrogens with one attached hydrogen (secondary N) is 1. The van der Waals surface area contributed by atoms with E-state index in [2.05, 4.69) is 5.32 Å². The summed E-state index contributed by atoms with van der Waals surface area (Å²) in [6.45, 7) is 3.99. The van der Waals surface area contributed by atoms with Crippen molar-refractivity contribution in [3.63, 3.8) is 0 Å². The minimum absolute atomic E-state index is 0.00226. The van der Waals surface area contributed by atoms with Crippen LogP contribution in [-0.4, -0.2) is 111 Å². The van der Waals surface area contributed by atoms with Crippen molar-refractivity contribution in [2.75, 3.05) is 13.4 Å². The Kier molecular flexibility index (Phi) is 8.06. The number of thioether (sulfide) groups is 1. The summed E-state index contributed by atoms with van der Waals surface area (Å²) < 4.78 is 38.6. The molecular weight excluding hydrogens is 636 g/mol. The van der Waals surface area contributed by atoms with Gasteiger partial charge in [0.25, 0.3) is 0 Å². The summed E-state index contributed by atoms with van der Waals surface area (Å²) in [7, 11) is -4.14. The summed E-state index contributed by atoms with van der Waals surface area (Å²) in [6.07, 6.45) is -0.333. The summed E-state index contributed by atoms with van der Waals surface area (Å²) in [5.74, 6) is -4.67. The second kappa shape index (κ2) is 11.2. The van der Waals surface area contributed by atoms with E-state index in [1.54, 1.807) is 13.8 Å². The molecule has 18 heteroatoms. The SMILES string of the molecule is CC(=O)OC[C@@]1(C)[C@H](C(=O)OCOC(=O)[C@@H]2N3C(=O)[C@@H](NC(=O)C(N)c4ccc(O)cc4)[C@H]3SC2(C)C)N2C(=O)C[C@H]2S1(=O)=O. The molecule has 1 unspecified atom stereocenters. The van der Waals surface area contributed by atoms with Gasteiger partial charge in [0.15, 0.2) is 15.9 Å². The zero-order valence-corrected chi connectivity index (χ0v) is 26.3. The van der Waals surface area contributed by atoms with Gasteiger partial charge in [0.05, 0.1) is 6.42 Å². The average Bonchev–Trinajstić information content (AvgIpc) is 3.30. The number of carbonyl (C=O) groups excluding carboxylic acids is 6. The lowest BCUT2D eigenvalue weighted by Gasteiger charge is -2.44. The van der Waals surface area contributed by atoms with Gasteiger partial charge in [-0.3, -0.25) is 19.2 Å². The average molecular weight is 669 g/mol. The first kappa shape index (κ1) is 32.5. The van der Waals surface area contributed by atoms with Crippen molar-refractivity contribution >= 4 is 57.2 Å². The number of benzene rings is 1. The first-order valence-electron chi connectivity index (χ1n) is 13.8. The number of nitrogens with two attached hydrogens (primary N) is 1. The molecule has 1 aromatic carbocycles. The number of β-lactam (4-membered cyclic amide) rings is 2. The molecule has 0 saturated carbocycles. The third-order valence-electron chi connectivity index (χ3n) is 8.50. The molecule has 3 amide bonds.